The topological polar surface area (TPSA) is 54.7 Å². The summed E-state index contributed by atoms with van der Waals surface area (Å²) >= 11 is 0. The smallest absolute Gasteiger partial charge is 0.115 e. The normalized spacial score (nSPS) is 10.2. The van der Waals surface area contributed by atoms with E-state index in [2.05, 4.69) is 10.2 Å². The molecule has 0 radical (unpaired) electrons. The van der Waals surface area contributed by atoms with Crippen LogP contribution in [0.4, 0.5) is 5.69 Å². The number of anilines is 1. The number of H-pyrrole nitrogens is 1. The number of aromatic amines is 1. The average molecular weight is 173 g/mol. The van der Waals surface area contributed by atoms with Gasteiger partial charge in [0.25, 0.3) is 0 Å². The van der Waals surface area contributed by atoms with Crippen LogP contribution in [-0.2, 0) is 0 Å². The highest BCUT2D eigenvalue weighted by molar-refractivity contribution is 5.73. The summed E-state index contributed by atoms with van der Waals surface area (Å²) in [5.74, 6) is 0. The van der Waals surface area contributed by atoms with Gasteiger partial charge in [-0.2, -0.15) is 5.10 Å². The molecular weight excluding hydrogens is 162 g/mol. The molecule has 3 heteroatoms. The molecule has 0 atom stereocenters. The molecule has 0 aliphatic rings. The van der Waals surface area contributed by atoms with Gasteiger partial charge in [0.2, 0.25) is 0 Å². The van der Waals surface area contributed by atoms with Crippen molar-refractivity contribution in [3.05, 3.63) is 36.0 Å². The lowest BCUT2D eigenvalue weighted by Crippen LogP contribution is -1.88. The summed E-state index contributed by atoms with van der Waals surface area (Å²) in [7, 11) is 0. The van der Waals surface area contributed by atoms with E-state index in [9.17, 15) is 0 Å². The predicted molar refractivity (Wildman–Crippen MR) is 53.2 cm³/mol. The van der Waals surface area contributed by atoms with Crippen LogP contribution in [0.5, 0.6) is 0 Å². The van der Waals surface area contributed by atoms with E-state index in [0.717, 1.165) is 22.6 Å². The van der Waals surface area contributed by atoms with Gasteiger partial charge in [-0.3, -0.25) is 5.10 Å². The Hall–Kier alpha value is -1.77. The molecule has 0 amide bonds. The van der Waals surface area contributed by atoms with Crippen LogP contribution < -0.4 is 5.73 Å². The standard InChI is InChI=1S/C10H11N3/c1-7-9(11)10(13-12-7)8-5-3-2-4-6-8/h2-6H,11H2,1H3,(H,12,13). The highest BCUT2D eigenvalue weighted by Gasteiger charge is 2.07. The Morgan fingerprint density at radius 2 is 1.92 bits per heavy atom. The Morgan fingerprint density at radius 3 is 2.46 bits per heavy atom. The fourth-order valence-electron chi connectivity index (χ4n) is 1.25. The van der Waals surface area contributed by atoms with Gasteiger partial charge in [-0.15, -0.1) is 0 Å². The maximum atomic E-state index is 5.84. The molecule has 0 spiro atoms. The van der Waals surface area contributed by atoms with Crippen molar-refractivity contribution in [3.8, 4) is 11.3 Å². The van der Waals surface area contributed by atoms with Crippen molar-refractivity contribution in [3.63, 3.8) is 0 Å². The lowest BCUT2D eigenvalue weighted by Gasteiger charge is -1.96. The molecule has 0 saturated carbocycles. The summed E-state index contributed by atoms with van der Waals surface area (Å²) in [4.78, 5) is 0. The Morgan fingerprint density at radius 1 is 1.23 bits per heavy atom. The fourth-order valence-corrected chi connectivity index (χ4v) is 1.25. The molecule has 0 fully saturated rings. The third-order valence-corrected chi connectivity index (χ3v) is 2.04. The van der Waals surface area contributed by atoms with Gasteiger partial charge < -0.3 is 5.73 Å². The molecule has 3 nitrogen and oxygen atoms in total. The van der Waals surface area contributed by atoms with Gasteiger partial charge in [0.1, 0.15) is 5.69 Å². The summed E-state index contributed by atoms with van der Waals surface area (Å²) in [5, 5.41) is 7.00. The zero-order valence-electron chi connectivity index (χ0n) is 7.41. The Labute approximate surface area is 76.6 Å². The van der Waals surface area contributed by atoms with E-state index in [1.54, 1.807) is 0 Å². The number of benzene rings is 1. The van der Waals surface area contributed by atoms with Crippen molar-refractivity contribution >= 4 is 5.69 Å². The largest absolute Gasteiger partial charge is 0.395 e. The Bertz CT molecular complexity index is 403. The van der Waals surface area contributed by atoms with E-state index in [-0.39, 0.29) is 0 Å². The molecule has 3 N–H and O–H groups in total. The van der Waals surface area contributed by atoms with Crippen LogP contribution in [0.25, 0.3) is 11.3 Å². The van der Waals surface area contributed by atoms with Crippen LogP contribution in [0.2, 0.25) is 0 Å². The molecule has 0 bridgehead atoms. The molecule has 0 saturated heterocycles. The Balaban J connectivity index is 2.53. The Kier molecular flexibility index (Phi) is 1.77. The minimum Gasteiger partial charge on any atom is -0.395 e. The van der Waals surface area contributed by atoms with Crippen LogP contribution in [0.1, 0.15) is 5.69 Å². The van der Waals surface area contributed by atoms with Gasteiger partial charge in [0.15, 0.2) is 0 Å². The molecule has 0 unspecified atom stereocenters. The van der Waals surface area contributed by atoms with Crippen LogP contribution in [0.15, 0.2) is 30.3 Å². The summed E-state index contributed by atoms with van der Waals surface area (Å²) in [6.45, 7) is 1.91. The maximum Gasteiger partial charge on any atom is 0.115 e. The molecule has 66 valence electrons. The lowest BCUT2D eigenvalue weighted by molar-refractivity contribution is 1.05. The first-order chi connectivity index (χ1) is 6.29. The van der Waals surface area contributed by atoms with Crippen molar-refractivity contribution < 1.29 is 0 Å². The molecule has 2 rings (SSSR count). The SMILES string of the molecule is Cc1[nH]nc(-c2ccccc2)c1N. The quantitative estimate of drug-likeness (QED) is 0.692. The van der Waals surface area contributed by atoms with E-state index >= 15 is 0 Å². The van der Waals surface area contributed by atoms with Crippen molar-refractivity contribution in [2.45, 2.75) is 6.92 Å². The van der Waals surface area contributed by atoms with E-state index in [0.29, 0.717) is 0 Å². The number of aryl methyl sites for hydroxylation is 1. The van der Waals surface area contributed by atoms with Crippen molar-refractivity contribution in [1.82, 2.24) is 10.2 Å². The molecule has 1 aromatic heterocycles. The number of aromatic nitrogens is 2. The molecule has 1 aromatic carbocycles. The fraction of sp³-hybridized carbons (Fsp3) is 0.100. The van der Waals surface area contributed by atoms with Crippen molar-refractivity contribution in [2.75, 3.05) is 5.73 Å². The van der Waals surface area contributed by atoms with Crippen LogP contribution in [0.3, 0.4) is 0 Å². The molecule has 0 aliphatic heterocycles. The molecule has 1 heterocycles. The first kappa shape index (κ1) is 7.86. The van der Waals surface area contributed by atoms with E-state index in [1.165, 1.54) is 0 Å². The van der Waals surface area contributed by atoms with Crippen molar-refractivity contribution in [1.29, 1.82) is 0 Å². The summed E-state index contributed by atoms with van der Waals surface area (Å²) in [5.41, 5.74) is 9.36. The highest BCUT2D eigenvalue weighted by atomic mass is 15.1. The van der Waals surface area contributed by atoms with Gasteiger partial charge in [0, 0.05) is 5.56 Å². The second-order valence-corrected chi connectivity index (χ2v) is 2.98. The molecule has 2 aromatic rings. The number of hydrogen-bond donors (Lipinski definition) is 2. The minimum atomic E-state index is 0.728. The lowest BCUT2D eigenvalue weighted by atomic mass is 10.1. The first-order valence-electron chi connectivity index (χ1n) is 4.15. The second kappa shape index (κ2) is 2.94. The van der Waals surface area contributed by atoms with E-state index in [4.69, 9.17) is 5.73 Å². The van der Waals surface area contributed by atoms with E-state index in [1.807, 2.05) is 37.3 Å². The number of nitrogens with one attached hydrogen (secondary N) is 1. The molecular formula is C10H11N3. The number of rotatable bonds is 1. The molecule has 0 aliphatic carbocycles. The number of nitrogens with zero attached hydrogens (tertiary/aromatic N) is 1. The van der Waals surface area contributed by atoms with Crippen LogP contribution in [0, 0.1) is 6.92 Å². The highest BCUT2D eigenvalue weighted by Crippen LogP contribution is 2.24. The number of nitrogen functional groups attached to an aromatic ring is 1. The number of hydrogen-bond acceptors (Lipinski definition) is 2. The van der Waals surface area contributed by atoms with Gasteiger partial charge in [-0.25, -0.2) is 0 Å². The zero-order chi connectivity index (χ0) is 9.26. The van der Waals surface area contributed by atoms with Gasteiger partial charge in [-0.05, 0) is 6.92 Å². The summed E-state index contributed by atoms with van der Waals surface area (Å²) in [6.07, 6.45) is 0. The summed E-state index contributed by atoms with van der Waals surface area (Å²) in [6, 6.07) is 9.90. The van der Waals surface area contributed by atoms with Crippen molar-refractivity contribution in [2.24, 2.45) is 0 Å². The average Bonchev–Trinajstić information content (AvgIpc) is 2.49. The first-order valence-corrected chi connectivity index (χ1v) is 4.15. The van der Waals surface area contributed by atoms with Crippen LogP contribution in [-0.4, -0.2) is 10.2 Å². The van der Waals surface area contributed by atoms with E-state index < -0.39 is 0 Å². The third-order valence-electron chi connectivity index (χ3n) is 2.04. The monoisotopic (exact) mass is 173 g/mol. The van der Waals surface area contributed by atoms with Gasteiger partial charge in [-0.1, -0.05) is 30.3 Å². The van der Waals surface area contributed by atoms with Gasteiger partial charge >= 0.3 is 0 Å². The minimum absolute atomic E-state index is 0.728. The third kappa shape index (κ3) is 1.28. The second-order valence-electron chi connectivity index (χ2n) is 2.98. The molecule has 13 heavy (non-hydrogen) atoms. The zero-order valence-corrected chi connectivity index (χ0v) is 7.41. The predicted octanol–water partition coefficient (Wildman–Crippen LogP) is 1.97. The maximum absolute atomic E-state index is 5.84. The van der Waals surface area contributed by atoms with Gasteiger partial charge in [0.05, 0.1) is 11.4 Å². The number of nitrogens with two attached hydrogens (primary N) is 1. The summed E-state index contributed by atoms with van der Waals surface area (Å²) < 4.78 is 0. The van der Waals surface area contributed by atoms with Crippen LogP contribution >= 0.6 is 0 Å².